The van der Waals surface area contributed by atoms with Crippen molar-refractivity contribution in [2.45, 2.75) is 51.9 Å². The molecule has 0 fully saturated rings. The van der Waals surface area contributed by atoms with Crippen LogP contribution in [-0.2, 0) is 0 Å². The van der Waals surface area contributed by atoms with Crippen LogP contribution in [0.2, 0.25) is 0 Å². The lowest BCUT2D eigenvalue weighted by Gasteiger charge is -2.08. The van der Waals surface area contributed by atoms with Gasteiger partial charge in [-0.15, -0.1) is 0 Å². The molecular formula is C22H29N3O3. The van der Waals surface area contributed by atoms with Gasteiger partial charge >= 0.3 is 0 Å². The zero-order valence-corrected chi connectivity index (χ0v) is 16.4. The van der Waals surface area contributed by atoms with Gasteiger partial charge in [0, 0.05) is 11.8 Å². The second-order valence-corrected chi connectivity index (χ2v) is 6.59. The van der Waals surface area contributed by atoms with E-state index in [9.17, 15) is 10.0 Å². The minimum absolute atomic E-state index is 0.111. The van der Waals surface area contributed by atoms with Crippen molar-refractivity contribution in [3.8, 4) is 5.75 Å². The van der Waals surface area contributed by atoms with Crippen molar-refractivity contribution in [1.82, 2.24) is 10.5 Å². The highest BCUT2D eigenvalue weighted by molar-refractivity contribution is 6.03. The number of aliphatic imine (C=N–C) groups is 1. The van der Waals surface area contributed by atoms with Crippen molar-refractivity contribution in [2.75, 3.05) is 6.61 Å². The fraction of sp³-hybridized carbons (Fsp3) is 0.409. The first-order chi connectivity index (χ1) is 13.8. The number of aromatic nitrogens is 1. The van der Waals surface area contributed by atoms with Crippen LogP contribution >= 0.6 is 0 Å². The molecule has 28 heavy (non-hydrogen) atoms. The molecule has 0 aliphatic rings. The van der Waals surface area contributed by atoms with E-state index in [0.717, 1.165) is 12.2 Å². The standard InChI is InChI=1S/C22H29N3O3/c1-2-3-4-5-6-7-8-16-28-20-13-11-19(12-14-20)24-22(25-27)21-18(17-26)10-9-15-23-21/h9-15,17,27H,2-8,16H2,1H3,(H,24,25). The van der Waals surface area contributed by atoms with E-state index in [0.29, 0.717) is 29.8 Å². The molecule has 0 unspecified atom stereocenters. The van der Waals surface area contributed by atoms with Crippen LogP contribution in [0.1, 0.15) is 67.9 Å². The summed E-state index contributed by atoms with van der Waals surface area (Å²) in [5.74, 6) is 0.897. The van der Waals surface area contributed by atoms with Crippen molar-refractivity contribution < 1.29 is 14.7 Å². The molecule has 150 valence electrons. The third kappa shape index (κ3) is 7.12. The third-order valence-corrected chi connectivity index (χ3v) is 4.39. The number of aldehydes is 1. The molecule has 6 heteroatoms. The lowest BCUT2D eigenvalue weighted by atomic mass is 10.1. The Kier molecular flexibility index (Phi) is 9.72. The van der Waals surface area contributed by atoms with E-state index in [1.54, 1.807) is 24.3 Å². The summed E-state index contributed by atoms with van der Waals surface area (Å²) in [7, 11) is 0. The Morgan fingerprint density at radius 3 is 2.50 bits per heavy atom. The lowest BCUT2D eigenvalue weighted by molar-refractivity contribution is 0.112. The van der Waals surface area contributed by atoms with Crippen molar-refractivity contribution in [2.24, 2.45) is 4.99 Å². The van der Waals surface area contributed by atoms with E-state index in [1.165, 1.54) is 44.7 Å². The molecule has 0 bridgehead atoms. The number of nitrogens with one attached hydrogen (secondary N) is 1. The average molecular weight is 383 g/mol. The molecule has 2 rings (SSSR count). The summed E-state index contributed by atoms with van der Waals surface area (Å²) in [4.78, 5) is 19.6. The van der Waals surface area contributed by atoms with E-state index < -0.39 is 0 Å². The molecule has 6 nitrogen and oxygen atoms in total. The number of hydrogen-bond donors (Lipinski definition) is 2. The van der Waals surface area contributed by atoms with Crippen LogP contribution in [0.15, 0.2) is 47.6 Å². The number of unbranched alkanes of at least 4 members (excludes halogenated alkanes) is 6. The first kappa shape index (κ1) is 21.6. The average Bonchev–Trinajstić information content (AvgIpc) is 2.75. The van der Waals surface area contributed by atoms with Crippen LogP contribution in [0.3, 0.4) is 0 Å². The summed E-state index contributed by atoms with van der Waals surface area (Å²) in [6.07, 6.45) is 11.0. The molecule has 0 saturated heterocycles. The summed E-state index contributed by atoms with van der Waals surface area (Å²) < 4.78 is 5.77. The SMILES string of the molecule is CCCCCCCCCOc1ccc(N=C(NO)c2ncccc2C=O)cc1. The van der Waals surface area contributed by atoms with E-state index in [1.807, 2.05) is 17.6 Å². The van der Waals surface area contributed by atoms with Crippen LogP contribution in [0.25, 0.3) is 0 Å². The number of ether oxygens (including phenoxy) is 1. The maximum absolute atomic E-state index is 11.1. The highest BCUT2D eigenvalue weighted by atomic mass is 16.5. The molecule has 0 saturated carbocycles. The summed E-state index contributed by atoms with van der Waals surface area (Å²) in [6.45, 7) is 2.93. The molecule has 0 radical (unpaired) electrons. The fourth-order valence-corrected chi connectivity index (χ4v) is 2.84. The maximum atomic E-state index is 11.1. The normalized spacial score (nSPS) is 11.3. The number of amidine groups is 1. The molecule has 0 atom stereocenters. The van der Waals surface area contributed by atoms with Gasteiger partial charge in [0.1, 0.15) is 11.4 Å². The number of benzene rings is 1. The van der Waals surface area contributed by atoms with E-state index in [4.69, 9.17) is 4.74 Å². The van der Waals surface area contributed by atoms with Gasteiger partial charge in [-0.1, -0.05) is 45.4 Å². The molecule has 0 aliphatic heterocycles. The summed E-state index contributed by atoms with van der Waals surface area (Å²) in [5, 5.41) is 9.39. The van der Waals surface area contributed by atoms with Gasteiger partial charge in [0.05, 0.1) is 12.3 Å². The van der Waals surface area contributed by atoms with Crippen LogP contribution in [0.5, 0.6) is 5.75 Å². The Morgan fingerprint density at radius 1 is 1.11 bits per heavy atom. The van der Waals surface area contributed by atoms with Crippen LogP contribution in [0, 0.1) is 0 Å². The molecule has 0 spiro atoms. The zero-order valence-electron chi connectivity index (χ0n) is 16.4. The third-order valence-electron chi connectivity index (χ3n) is 4.39. The Morgan fingerprint density at radius 2 is 1.82 bits per heavy atom. The summed E-state index contributed by atoms with van der Waals surface area (Å²) in [5.41, 5.74) is 3.27. The number of pyridine rings is 1. The van der Waals surface area contributed by atoms with Crippen molar-refractivity contribution in [3.63, 3.8) is 0 Å². The number of carbonyl (C=O) groups excluding carboxylic acids is 1. The summed E-state index contributed by atoms with van der Waals surface area (Å²) in [6, 6.07) is 10.5. The number of rotatable bonds is 12. The van der Waals surface area contributed by atoms with Crippen molar-refractivity contribution >= 4 is 17.8 Å². The summed E-state index contributed by atoms with van der Waals surface area (Å²) >= 11 is 0. The second kappa shape index (κ2) is 12.6. The van der Waals surface area contributed by atoms with Gasteiger partial charge < -0.3 is 4.74 Å². The Hall–Kier alpha value is -2.73. The highest BCUT2D eigenvalue weighted by Gasteiger charge is 2.10. The lowest BCUT2D eigenvalue weighted by Crippen LogP contribution is -2.22. The highest BCUT2D eigenvalue weighted by Crippen LogP contribution is 2.19. The van der Waals surface area contributed by atoms with Gasteiger partial charge in [-0.2, -0.15) is 0 Å². The van der Waals surface area contributed by atoms with Gasteiger partial charge in [0.15, 0.2) is 12.1 Å². The first-order valence-corrected chi connectivity index (χ1v) is 9.90. The predicted octanol–water partition coefficient (Wildman–Crippen LogP) is 5.08. The smallest absolute Gasteiger partial charge is 0.177 e. The zero-order chi connectivity index (χ0) is 20.0. The molecule has 1 aromatic heterocycles. The van der Waals surface area contributed by atoms with Crippen molar-refractivity contribution in [1.29, 1.82) is 0 Å². The predicted molar refractivity (Wildman–Crippen MR) is 111 cm³/mol. The first-order valence-electron chi connectivity index (χ1n) is 9.90. The van der Waals surface area contributed by atoms with Gasteiger partial charge in [-0.05, 0) is 42.8 Å². The monoisotopic (exact) mass is 383 g/mol. The molecular weight excluding hydrogens is 354 g/mol. The topological polar surface area (TPSA) is 83.8 Å². The Bertz CT molecular complexity index is 745. The molecule has 2 aromatic rings. The van der Waals surface area contributed by atoms with Crippen LogP contribution in [0.4, 0.5) is 5.69 Å². The van der Waals surface area contributed by atoms with Gasteiger partial charge in [0.2, 0.25) is 0 Å². The number of hydroxylamine groups is 1. The number of hydrogen-bond acceptors (Lipinski definition) is 5. The van der Waals surface area contributed by atoms with E-state index in [2.05, 4.69) is 16.9 Å². The Balaban J connectivity index is 1.86. The van der Waals surface area contributed by atoms with E-state index >= 15 is 0 Å². The van der Waals surface area contributed by atoms with E-state index in [-0.39, 0.29) is 5.84 Å². The second-order valence-electron chi connectivity index (χ2n) is 6.59. The van der Waals surface area contributed by atoms with Gasteiger partial charge in [0.25, 0.3) is 0 Å². The number of carbonyl (C=O) groups is 1. The Labute approximate surface area is 166 Å². The van der Waals surface area contributed by atoms with Gasteiger partial charge in [-0.25, -0.2) is 4.99 Å². The van der Waals surface area contributed by atoms with Crippen LogP contribution < -0.4 is 10.2 Å². The van der Waals surface area contributed by atoms with Crippen LogP contribution in [-0.4, -0.2) is 28.9 Å². The maximum Gasteiger partial charge on any atom is 0.177 e. The molecule has 0 aliphatic carbocycles. The molecule has 1 heterocycles. The quantitative estimate of drug-likeness (QED) is 0.175. The fourth-order valence-electron chi connectivity index (χ4n) is 2.84. The minimum Gasteiger partial charge on any atom is -0.494 e. The molecule has 2 N–H and O–H groups in total. The largest absolute Gasteiger partial charge is 0.494 e. The molecule has 0 amide bonds. The minimum atomic E-state index is 0.111. The molecule has 1 aromatic carbocycles. The van der Waals surface area contributed by atoms with Gasteiger partial charge in [-0.3, -0.25) is 20.5 Å². The number of nitrogens with zero attached hydrogens (tertiary/aromatic N) is 2. The van der Waals surface area contributed by atoms with Crippen molar-refractivity contribution in [3.05, 3.63) is 53.9 Å².